The molecule has 0 bridgehead atoms. The first kappa shape index (κ1) is 9.57. The normalized spacial score (nSPS) is 9.77. The van der Waals surface area contributed by atoms with Crippen LogP contribution in [-0.2, 0) is 0 Å². The van der Waals surface area contributed by atoms with E-state index in [-0.39, 0.29) is 6.03 Å². The fraction of sp³-hybridized carbons (Fsp3) is 0.500. The summed E-state index contributed by atoms with van der Waals surface area (Å²) >= 11 is 0. The van der Waals surface area contributed by atoms with E-state index in [1.807, 2.05) is 20.8 Å². The Morgan fingerprint density at radius 3 is 2.69 bits per heavy atom. The third-order valence-corrected chi connectivity index (χ3v) is 1.82. The second kappa shape index (κ2) is 3.93. The van der Waals surface area contributed by atoms with Crippen LogP contribution < -0.4 is 10.6 Å². The molecule has 0 saturated heterocycles. The maximum atomic E-state index is 11.1. The lowest BCUT2D eigenvalue weighted by molar-refractivity contribution is 0.252. The van der Waals surface area contributed by atoms with Crippen LogP contribution in [0.4, 0.5) is 10.6 Å². The molecule has 3 N–H and O–H groups in total. The van der Waals surface area contributed by atoms with E-state index in [2.05, 4.69) is 20.8 Å². The van der Waals surface area contributed by atoms with Gasteiger partial charge in [0.05, 0.1) is 0 Å². The highest BCUT2D eigenvalue weighted by Crippen LogP contribution is 2.12. The topological polar surface area (TPSA) is 69.8 Å². The lowest BCUT2D eigenvalue weighted by Gasteiger charge is -2.02. The van der Waals surface area contributed by atoms with Crippen LogP contribution in [0.3, 0.4) is 0 Å². The standard InChI is InChI=1S/C8H14N4O/c1-4-9-8(13)10-7-5(2)6(3)11-12-7/h4H2,1-3H3,(H3,9,10,11,12,13). The van der Waals surface area contributed by atoms with Gasteiger partial charge in [-0.1, -0.05) is 0 Å². The van der Waals surface area contributed by atoms with Crippen LogP contribution in [-0.4, -0.2) is 22.8 Å². The first-order valence-electron chi connectivity index (χ1n) is 4.21. The van der Waals surface area contributed by atoms with Crippen molar-refractivity contribution in [3.8, 4) is 0 Å². The van der Waals surface area contributed by atoms with Crippen LogP contribution in [0.1, 0.15) is 18.2 Å². The summed E-state index contributed by atoms with van der Waals surface area (Å²) in [6.45, 7) is 6.28. The number of carbonyl (C=O) groups is 1. The summed E-state index contributed by atoms with van der Waals surface area (Å²) in [5.41, 5.74) is 1.93. The summed E-state index contributed by atoms with van der Waals surface area (Å²) in [5.74, 6) is 0.587. The molecule has 2 amide bonds. The monoisotopic (exact) mass is 182 g/mol. The highest BCUT2D eigenvalue weighted by molar-refractivity contribution is 5.88. The lowest BCUT2D eigenvalue weighted by Crippen LogP contribution is -2.28. The molecule has 72 valence electrons. The molecule has 0 aliphatic rings. The Morgan fingerprint density at radius 1 is 1.54 bits per heavy atom. The molecular weight excluding hydrogens is 168 g/mol. The molecule has 1 heterocycles. The van der Waals surface area contributed by atoms with Crippen LogP contribution >= 0.6 is 0 Å². The average molecular weight is 182 g/mol. The molecule has 13 heavy (non-hydrogen) atoms. The zero-order valence-corrected chi connectivity index (χ0v) is 8.06. The average Bonchev–Trinajstić information content (AvgIpc) is 2.37. The van der Waals surface area contributed by atoms with Gasteiger partial charge in [0.2, 0.25) is 0 Å². The minimum atomic E-state index is -0.225. The predicted molar refractivity (Wildman–Crippen MR) is 50.8 cm³/mol. The van der Waals surface area contributed by atoms with Gasteiger partial charge in [-0.05, 0) is 20.8 Å². The molecule has 0 radical (unpaired) electrons. The Kier molecular flexibility index (Phi) is 2.89. The number of hydrogen-bond donors (Lipinski definition) is 3. The number of aromatic amines is 1. The van der Waals surface area contributed by atoms with Crippen molar-refractivity contribution in [1.82, 2.24) is 15.5 Å². The molecule has 0 fully saturated rings. The van der Waals surface area contributed by atoms with Gasteiger partial charge in [-0.15, -0.1) is 0 Å². The smallest absolute Gasteiger partial charge is 0.320 e. The molecule has 0 saturated carbocycles. The van der Waals surface area contributed by atoms with E-state index in [0.29, 0.717) is 12.4 Å². The Balaban J connectivity index is 2.64. The van der Waals surface area contributed by atoms with Gasteiger partial charge in [0.15, 0.2) is 5.82 Å². The molecule has 5 heteroatoms. The van der Waals surface area contributed by atoms with Gasteiger partial charge in [0.1, 0.15) is 0 Å². The van der Waals surface area contributed by atoms with Crippen molar-refractivity contribution in [2.75, 3.05) is 11.9 Å². The number of carbonyl (C=O) groups excluding carboxylic acids is 1. The fourth-order valence-corrected chi connectivity index (χ4v) is 0.919. The minimum absolute atomic E-state index is 0.225. The number of rotatable bonds is 2. The van der Waals surface area contributed by atoms with E-state index < -0.39 is 0 Å². The van der Waals surface area contributed by atoms with Crippen LogP contribution in [0.5, 0.6) is 0 Å². The maximum Gasteiger partial charge on any atom is 0.320 e. The number of nitrogens with one attached hydrogen (secondary N) is 3. The molecule has 1 rings (SSSR count). The molecule has 5 nitrogen and oxygen atoms in total. The zero-order chi connectivity index (χ0) is 9.84. The number of aromatic nitrogens is 2. The van der Waals surface area contributed by atoms with Crippen LogP contribution in [0.15, 0.2) is 0 Å². The second-order valence-corrected chi connectivity index (χ2v) is 2.81. The molecule has 1 aromatic heterocycles. The number of nitrogens with zero attached hydrogens (tertiary/aromatic N) is 1. The Hall–Kier alpha value is -1.52. The number of anilines is 1. The molecule has 0 spiro atoms. The third kappa shape index (κ3) is 2.21. The summed E-state index contributed by atoms with van der Waals surface area (Å²) in [6.07, 6.45) is 0. The van der Waals surface area contributed by atoms with Gasteiger partial charge in [0, 0.05) is 17.8 Å². The van der Waals surface area contributed by atoms with Crippen molar-refractivity contribution in [2.24, 2.45) is 0 Å². The molecule has 0 unspecified atom stereocenters. The molecule has 1 aromatic rings. The molecule has 0 aliphatic carbocycles. The van der Waals surface area contributed by atoms with Crippen LogP contribution in [0, 0.1) is 13.8 Å². The molecule has 0 atom stereocenters. The summed E-state index contributed by atoms with van der Waals surface area (Å²) < 4.78 is 0. The molecule has 0 aliphatic heterocycles. The zero-order valence-electron chi connectivity index (χ0n) is 8.06. The van der Waals surface area contributed by atoms with Gasteiger partial charge in [-0.2, -0.15) is 5.10 Å². The third-order valence-electron chi connectivity index (χ3n) is 1.82. The summed E-state index contributed by atoms with van der Waals surface area (Å²) in [6, 6.07) is -0.225. The van der Waals surface area contributed by atoms with Crippen molar-refractivity contribution in [3.63, 3.8) is 0 Å². The Morgan fingerprint density at radius 2 is 2.23 bits per heavy atom. The van der Waals surface area contributed by atoms with Gasteiger partial charge < -0.3 is 5.32 Å². The van der Waals surface area contributed by atoms with Gasteiger partial charge in [-0.25, -0.2) is 4.79 Å². The van der Waals surface area contributed by atoms with Crippen molar-refractivity contribution < 1.29 is 4.79 Å². The first-order chi connectivity index (χ1) is 6.15. The minimum Gasteiger partial charge on any atom is -0.338 e. The number of amides is 2. The van der Waals surface area contributed by atoms with Crippen LogP contribution in [0.2, 0.25) is 0 Å². The highest BCUT2D eigenvalue weighted by Gasteiger charge is 2.07. The second-order valence-electron chi connectivity index (χ2n) is 2.81. The maximum absolute atomic E-state index is 11.1. The van der Waals surface area contributed by atoms with Crippen molar-refractivity contribution in [3.05, 3.63) is 11.3 Å². The summed E-state index contributed by atoms with van der Waals surface area (Å²) in [4.78, 5) is 11.1. The SMILES string of the molecule is CCNC(=O)Nc1n[nH]c(C)c1C. The number of urea groups is 1. The highest BCUT2D eigenvalue weighted by atomic mass is 16.2. The number of aryl methyl sites for hydroxylation is 1. The number of hydrogen-bond acceptors (Lipinski definition) is 2. The van der Waals surface area contributed by atoms with Gasteiger partial charge in [0.25, 0.3) is 0 Å². The van der Waals surface area contributed by atoms with Crippen molar-refractivity contribution in [2.45, 2.75) is 20.8 Å². The summed E-state index contributed by atoms with van der Waals surface area (Å²) in [7, 11) is 0. The summed E-state index contributed by atoms with van der Waals surface area (Å²) in [5, 5.41) is 12.0. The van der Waals surface area contributed by atoms with E-state index in [1.54, 1.807) is 0 Å². The Labute approximate surface area is 76.9 Å². The van der Waals surface area contributed by atoms with Gasteiger partial charge >= 0.3 is 6.03 Å². The molecular formula is C8H14N4O. The van der Waals surface area contributed by atoms with E-state index in [9.17, 15) is 4.79 Å². The van der Waals surface area contributed by atoms with Crippen molar-refractivity contribution in [1.29, 1.82) is 0 Å². The largest absolute Gasteiger partial charge is 0.338 e. The lowest BCUT2D eigenvalue weighted by atomic mass is 10.3. The predicted octanol–water partition coefficient (Wildman–Crippen LogP) is 1.17. The van der Waals surface area contributed by atoms with E-state index in [0.717, 1.165) is 11.3 Å². The van der Waals surface area contributed by atoms with E-state index in [4.69, 9.17) is 0 Å². The fourth-order valence-electron chi connectivity index (χ4n) is 0.919. The van der Waals surface area contributed by atoms with Gasteiger partial charge in [-0.3, -0.25) is 10.4 Å². The quantitative estimate of drug-likeness (QED) is 0.642. The van der Waals surface area contributed by atoms with E-state index >= 15 is 0 Å². The van der Waals surface area contributed by atoms with Crippen molar-refractivity contribution >= 4 is 11.8 Å². The molecule has 0 aromatic carbocycles. The number of H-pyrrole nitrogens is 1. The Bertz CT molecular complexity index is 305. The van der Waals surface area contributed by atoms with Crippen LogP contribution in [0.25, 0.3) is 0 Å². The first-order valence-corrected chi connectivity index (χ1v) is 4.21. The van der Waals surface area contributed by atoms with E-state index in [1.165, 1.54) is 0 Å².